The zero-order chi connectivity index (χ0) is 17.4. The van der Waals surface area contributed by atoms with Crippen LogP contribution in [0.15, 0.2) is 30.3 Å². The Bertz CT molecular complexity index is 856. The summed E-state index contributed by atoms with van der Waals surface area (Å²) in [7, 11) is 1.30. The molecule has 0 heterocycles. The third kappa shape index (κ3) is 3.02. The lowest BCUT2D eigenvalue weighted by Crippen LogP contribution is -2.20. The molecule has 1 aliphatic carbocycles. The van der Waals surface area contributed by atoms with Gasteiger partial charge < -0.3 is 13.6 Å². The highest BCUT2D eigenvalue weighted by molar-refractivity contribution is 7.80. The van der Waals surface area contributed by atoms with Gasteiger partial charge in [0.05, 0.1) is 5.69 Å². The van der Waals surface area contributed by atoms with Crippen LogP contribution in [0, 0.1) is 11.6 Å². The van der Waals surface area contributed by atoms with Gasteiger partial charge in [0.2, 0.25) is 0 Å². The summed E-state index contributed by atoms with van der Waals surface area (Å²) in [6, 6.07) is 5.70. The van der Waals surface area contributed by atoms with E-state index in [-0.39, 0.29) is 23.0 Å². The van der Waals surface area contributed by atoms with E-state index < -0.39 is 22.9 Å². The maximum atomic E-state index is 13.8. The van der Waals surface area contributed by atoms with Crippen molar-refractivity contribution in [2.24, 2.45) is 0 Å². The van der Waals surface area contributed by atoms with Crippen molar-refractivity contribution in [2.45, 2.75) is 12.8 Å². The molecule has 1 unspecified atom stereocenters. The molecule has 0 saturated carbocycles. The number of carbonyl (C=O) groups is 1. The van der Waals surface area contributed by atoms with Gasteiger partial charge >= 0.3 is 0 Å². The molecule has 2 aromatic carbocycles. The summed E-state index contributed by atoms with van der Waals surface area (Å²) in [6.45, 7) is 0. The van der Waals surface area contributed by atoms with Gasteiger partial charge in [0.25, 0.3) is 0 Å². The SMILES string of the molecule is CN(c1cc2c(cc1Oc1ccc(F)cc1F)C(=O)CC2)S(=O)[O-]. The number of anilines is 1. The number of halogens is 2. The van der Waals surface area contributed by atoms with Crippen LogP contribution >= 0.6 is 0 Å². The first kappa shape index (κ1) is 16.5. The maximum Gasteiger partial charge on any atom is 0.168 e. The van der Waals surface area contributed by atoms with Crippen LogP contribution in [0.1, 0.15) is 22.3 Å². The third-order valence-electron chi connectivity index (χ3n) is 3.78. The summed E-state index contributed by atoms with van der Waals surface area (Å²) in [4.78, 5) is 11.9. The molecule has 0 fully saturated rings. The summed E-state index contributed by atoms with van der Waals surface area (Å²) in [5, 5.41) is 0. The second kappa shape index (κ2) is 6.29. The molecule has 0 amide bonds. The number of rotatable bonds is 4. The van der Waals surface area contributed by atoms with Gasteiger partial charge in [0.15, 0.2) is 23.1 Å². The average Bonchev–Trinajstić information content (AvgIpc) is 2.89. The number of ketones is 1. The van der Waals surface area contributed by atoms with Gasteiger partial charge in [-0.3, -0.25) is 9.00 Å². The Hall–Kier alpha value is -2.32. The zero-order valence-electron chi connectivity index (χ0n) is 12.5. The Morgan fingerprint density at radius 1 is 1.17 bits per heavy atom. The Balaban J connectivity index is 2.09. The molecule has 126 valence electrons. The molecule has 5 nitrogen and oxygen atoms in total. The molecule has 0 spiro atoms. The minimum absolute atomic E-state index is 0.00112. The Morgan fingerprint density at radius 3 is 2.58 bits per heavy atom. The fraction of sp³-hybridized carbons (Fsp3) is 0.188. The van der Waals surface area contributed by atoms with Crippen LogP contribution in [-0.4, -0.2) is 21.6 Å². The maximum absolute atomic E-state index is 13.8. The summed E-state index contributed by atoms with van der Waals surface area (Å²) < 4.78 is 55.7. The van der Waals surface area contributed by atoms with E-state index in [1.807, 2.05) is 0 Å². The van der Waals surface area contributed by atoms with Gasteiger partial charge in [-0.2, -0.15) is 0 Å². The van der Waals surface area contributed by atoms with E-state index >= 15 is 0 Å². The highest BCUT2D eigenvalue weighted by Gasteiger charge is 2.24. The minimum Gasteiger partial charge on any atom is -0.755 e. The molecule has 3 rings (SSSR count). The summed E-state index contributed by atoms with van der Waals surface area (Å²) >= 11 is -2.58. The normalized spacial score (nSPS) is 14.4. The largest absolute Gasteiger partial charge is 0.755 e. The molecule has 1 aliphatic rings. The first-order valence-corrected chi connectivity index (χ1v) is 8.06. The van der Waals surface area contributed by atoms with Crippen molar-refractivity contribution in [2.75, 3.05) is 11.4 Å². The second-order valence-electron chi connectivity index (χ2n) is 5.29. The molecule has 0 radical (unpaired) electrons. The van der Waals surface area contributed by atoms with Crippen LogP contribution in [0.3, 0.4) is 0 Å². The number of hydrogen-bond donors (Lipinski definition) is 0. The summed E-state index contributed by atoms with van der Waals surface area (Å²) in [6.07, 6.45) is 0.832. The number of carbonyl (C=O) groups excluding carboxylic acids is 1. The van der Waals surface area contributed by atoms with E-state index in [1.54, 1.807) is 0 Å². The highest BCUT2D eigenvalue weighted by atomic mass is 32.2. The van der Waals surface area contributed by atoms with E-state index in [2.05, 4.69) is 0 Å². The van der Waals surface area contributed by atoms with Crippen molar-refractivity contribution >= 4 is 22.7 Å². The average molecular weight is 352 g/mol. The number of Topliss-reactive ketones (excluding diaryl/α,β-unsaturated/α-hetero) is 1. The lowest BCUT2D eigenvalue weighted by atomic mass is 10.1. The Kier molecular flexibility index (Phi) is 4.33. The van der Waals surface area contributed by atoms with Crippen molar-refractivity contribution in [1.82, 2.24) is 0 Å². The van der Waals surface area contributed by atoms with Gasteiger partial charge in [-0.25, -0.2) is 8.78 Å². The molecule has 24 heavy (non-hydrogen) atoms. The third-order valence-corrected chi connectivity index (χ3v) is 4.43. The van der Waals surface area contributed by atoms with Crippen LogP contribution in [0.5, 0.6) is 11.5 Å². The Labute approximate surface area is 139 Å². The molecule has 1 atom stereocenters. The molecule has 8 heteroatoms. The molecule has 0 N–H and O–H groups in total. The minimum atomic E-state index is -2.58. The summed E-state index contributed by atoms with van der Waals surface area (Å²) in [5.41, 5.74) is 1.29. The van der Waals surface area contributed by atoms with Crippen molar-refractivity contribution < 1.29 is 27.1 Å². The molecule has 0 saturated heterocycles. The zero-order valence-corrected chi connectivity index (χ0v) is 13.4. The first-order chi connectivity index (χ1) is 11.4. The van der Waals surface area contributed by atoms with Gasteiger partial charge in [-0.15, -0.1) is 0 Å². The summed E-state index contributed by atoms with van der Waals surface area (Å²) in [5.74, 6) is -2.05. The first-order valence-electron chi connectivity index (χ1n) is 7.03. The van der Waals surface area contributed by atoms with Crippen LogP contribution in [0.25, 0.3) is 0 Å². The molecule has 0 bridgehead atoms. The van der Waals surface area contributed by atoms with Crippen LogP contribution in [-0.2, 0) is 17.7 Å². The number of ether oxygens (including phenoxy) is 1. The molecule has 0 aliphatic heterocycles. The number of aryl methyl sites for hydroxylation is 1. The van der Waals surface area contributed by atoms with Gasteiger partial charge in [0, 0.05) is 36.4 Å². The van der Waals surface area contributed by atoms with Gasteiger partial charge in [0.1, 0.15) is 5.82 Å². The van der Waals surface area contributed by atoms with E-state index in [0.717, 1.165) is 16.4 Å². The van der Waals surface area contributed by atoms with Crippen LogP contribution < -0.4 is 9.04 Å². The van der Waals surface area contributed by atoms with Gasteiger partial charge in [-0.1, -0.05) is 0 Å². The second-order valence-corrected chi connectivity index (χ2v) is 6.27. The Morgan fingerprint density at radius 2 is 1.92 bits per heavy atom. The van der Waals surface area contributed by atoms with Crippen LogP contribution in [0.2, 0.25) is 0 Å². The molecular formula is C16H12F2NO4S-. The topological polar surface area (TPSA) is 69.7 Å². The highest BCUT2D eigenvalue weighted by Crippen LogP contribution is 2.38. The monoisotopic (exact) mass is 352 g/mol. The van der Waals surface area contributed by atoms with E-state index in [9.17, 15) is 22.3 Å². The molecule has 2 aromatic rings. The smallest absolute Gasteiger partial charge is 0.168 e. The quantitative estimate of drug-likeness (QED) is 0.793. The van der Waals surface area contributed by atoms with Gasteiger partial charge in [-0.05, 0) is 36.2 Å². The number of hydrogen-bond acceptors (Lipinski definition) is 4. The van der Waals surface area contributed by atoms with E-state index in [0.29, 0.717) is 30.0 Å². The van der Waals surface area contributed by atoms with Crippen molar-refractivity contribution in [3.05, 3.63) is 53.1 Å². The number of benzene rings is 2. The fourth-order valence-electron chi connectivity index (χ4n) is 2.55. The van der Waals surface area contributed by atoms with Crippen molar-refractivity contribution in [3.63, 3.8) is 0 Å². The van der Waals surface area contributed by atoms with Crippen molar-refractivity contribution in [1.29, 1.82) is 0 Å². The van der Waals surface area contributed by atoms with Crippen molar-refractivity contribution in [3.8, 4) is 11.5 Å². The predicted molar refractivity (Wildman–Crippen MR) is 82.8 cm³/mol. The molecule has 0 aromatic heterocycles. The lowest BCUT2D eigenvalue weighted by Gasteiger charge is -2.24. The lowest BCUT2D eigenvalue weighted by molar-refractivity contribution is 0.0994. The van der Waals surface area contributed by atoms with E-state index in [4.69, 9.17) is 4.74 Å². The predicted octanol–water partition coefficient (Wildman–Crippen LogP) is 3.12. The van der Waals surface area contributed by atoms with E-state index in [1.165, 1.54) is 19.2 Å². The molecular weight excluding hydrogens is 340 g/mol. The van der Waals surface area contributed by atoms with Crippen LogP contribution in [0.4, 0.5) is 14.5 Å². The number of fused-ring (bicyclic) bond motifs is 1. The fourth-order valence-corrected chi connectivity index (χ4v) is 2.85. The standard InChI is InChI=1S/C16H13F2NO4S/c1-19(24(21)22)13-6-9-2-4-14(20)11(9)8-16(13)23-15-5-3-10(17)7-12(15)18/h3,5-8H,2,4H2,1H3,(H,21,22)/p-1. The number of nitrogens with zero attached hydrogens (tertiary/aromatic N) is 1.